The Morgan fingerprint density at radius 3 is 2.39 bits per heavy atom. The summed E-state index contributed by atoms with van der Waals surface area (Å²) < 4.78 is 5.25. The summed E-state index contributed by atoms with van der Waals surface area (Å²) >= 11 is 0. The van der Waals surface area contributed by atoms with E-state index in [0.29, 0.717) is 25.2 Å². The molecule has 0 bridgehead atoms. The fraction of sp³-hybridized carbons (Fsp3) is 0.458. The zero-order valence-corrected chi connectivity index (χ0v) is 17.8. The van der Waals surface area contributed by atoms with E-state index in [1.54, 1.807) is 0 Å². The quantitative estimate of drug-likeness (QED) is 0.268. The summed E-state index contributed by atoms with van der Waals surface area (Å²) in [7, 11) is -1.28. The predicted octanol–water partition coefficient (Wildman–Crippen LogP) is 2.71. The third kappa shape index (κ3) is 5.18. The van der Waals surface area contributed by atoms with Crippen molar-refractivity contribution >= 4 is 13.1 Å². The van der Waals surface area contributed by atoms with Crippen LogP contribution >= 0.6 is 0 Å². The highest BCUT2D eigenvalue weighted by atomic mass is 16.6. The summed E-state index contributed by atoms with van der Waals surface area (Å²) in [5.74, 6) is 0.0940. The predicted molar refractivity (Wildman–Crippen MR) is 121 cm³/mol. The molecule has 164 valence electrons. The molecule has 0 aromatic heterocycles. The number of carbonyl (C=O) groups is 1. The molecular formula is C24H31BN2O4. The van der Waals surface area contributed by atoms with E-state index in [1.165, 1.54) is 16.7 Å². The maximum absolute atomic E-state index is 12.5. The van der Waals surface area contributed by atoms with E-state index in [4.69, 9.17) is 14.8 Å². The van der Waals surface area contributed by atoms with E-state index in [1.807, 2.05) is 6.07 Å². The molecule has 4 rings (SSSR count). The molecule has 6 nitrogen and oxygen atoms in total. The maximum atomic E-state index is 12.5. The monoisotopic (exact) mass is 422 g/mol. The minimum Gasteiger partial charge on any atom is -0.448 e. The van der Waals surface area contributed by atoms with Crippen LogP contribution in [0.1, 0.15) is 37.7 Å². The number of esters is 1. The smallest absolute Gasteiger partial charge is 0.448 e. The van der Waals surface area contributed by atoms with Gasteiger partial charge in [-0.3, -0.25) is 5.32 Å². The Bertz CT molecular complexity index is 856. The topological polar surface area (TPSA) is 90.8 Å². The molecule has 2 aromatic carbocycles. The van der Waals surface area contributed by atoms with E-state index in [-0.39, 0.29) is 18.6 Å². The van der Waals surface area contributed by atoms with Gasteiger partial charge in [-0.2, -0.15) is 0 Å². The van der Waals surface area contributed by atoms with Crippen LogP contribution in [-0.4, -0.2) is 41.4 Å². The normalized spacial score (nSPS) is 25.2. The van der Waals surface area contributed by atoms with Crippen LogP contribution in [0.2, 0.25) is 6.32 Å². The number of ether oxygens (including phenoxy) is 1. The van der Waals surface area contributed by atoms with E-state index in [9.17, 15) is 4.79 Å². The fourth-order valence-electron chi connectivity index (χ4n) is 4.76. The van der Waals surface area contributed by atoms with Crippen LogP contribution in [0.3, 0.4) is 0 Å². The molecule has 1 aliphatic carbocycles. The molecule has 1 atom stereocenters. The molecule has 7 heteroatoms. The van der Waals surface area contributed by atoms with Gasteiger partial charge < -0.3 is 20.1 Å². The standard InChI is InChI=1S/C24H31BN2O4/c28-23-24(27-17-31-23,12-4-5-13-25(29)30)21-14-22(15-21)26-16-18-8-10-20(11-9-18)19-6-2-1-3-7-19/h1-3,6-11,21-22,26-27,29-30H,4-5,12-17H2/t21-,22+,24?. The van der Waals surface area contributed by atoms with Gasteiger partial charge in [0, 0.05) is 12.6 Å². The summed E-state index contributed by atoms with van der Waals surface area (Å²) in [5.41, 5.74) is 3.07. The number of nitrogens with one attached hydrogen (secondary N) is 2. The molecule has 31 heavy (non-hydrogen) atoms. The van der Waals surface area contributed by atoms with Crippen LogP contribution in [0, 0.1) is 5.92 Å². The van der Waals surface area contributed by atoms with Crippen molar-refractivity contribution in [3.63, 3.8) is 0 Å². The second-order valence-corrected chi connectivity index (χ2v) is 8.76. The summed E-state index contributed by atoms with van der Waals surface area (Å²) in [6.07, 6.45) is 4.34. The lowest BCUT2D eigenvalue weighted by Crippen LogP contribution is -2.59. The molecule has 1 saturated carbocycles. The van der Waals surface area contributed by atoms with Crippen LogP contribution in [0.25, 0.3) is 11.1 Å². The van der Waals surface area contributed by atoms with Crippen molar-refractivity contribution < 1.29 is 19.6 Å². The summed E-state index contributed by atoms with van der Waals surface area (Å²) in [6.45, 7) is 1.08. The highest BCUT2D eigenvalue weighted by Crippen LogP contribution is 2.42. The number of hydrogen-bond acceptors (Lipinski definition) is 6. The highest BCUT2D eigenvalue weighted by molar-refractivity contribution is 6.40. The Balaban J connectivity index is 1.25. The molecule has 1 saturated heterocycles. The number of cyclic esters (lactones) is 1. The molecule has 1 unspecified atom stereocenters. The maximum Gasteiger partial charge on any atom is 0.451 e. The van der Waals surface area contributed by atoms with E-state index >= 15 is 0 Å². The van der Waals surface area contributed by atoms with Crippen molar-refractivity contribution in [3.05, 3.63) is 60.2 Å². The van der Waals surface area contributed by atoms with Crippen LogP contribution in [-0.2, 0) is 16.1 Å². The molecule has 0 spiro atoms. The van der Waals surface area contributed by atoms with Crippen molar-refractivity contribution in [2.75, 3.05) is 6.73 Å². The minimum absolute atomic E-state index is 0.156. The van der Waals surface area contributed by atoms with E-state index < -0.39 is 12.7 Å². The van der Waals surface area contributed by atoms with Crippen LogP contribution in [0.15, 0.2) is 54.6 Å². The first-order valence-electron chi connectivity index (χ1n) is 11.2. The summed E-state index contributed by atoms with van der Waals surface area (Å²) in [6, 6.07) is 19.4. The van der Waals surface area contributed by atoms with Crippen molar-refractivity contribution in [1.82, 2.24) is 10.6 Å². The number of hydrogen-bond donors (Lipinski definition) is 4. The minimum atomic E-state index is -1.28. The third-order valence-electron chi connectivity index (χ3n) is 6.73. The molecule has 2 aliphatic rings. The van der Waals surface area contributed by atoms with Gasteiger partial charge in [-0.05, 0) is 48.2 Å². The third-order valence-corrected chi connectivity index (χ3v) is 6.73. The molecule has 0 radical (unpaired) electrons. The molecule has 1 aliphatic heterocycles. The van der Waals surface area contributed by atoms with Gasteiger partial charge in [0.15, 0.2) is 0 Å². The number of carbonyl (C=O) groups excluding carboxylic acids is 1. The number of rotatable bonds is 10. The van der Waals surface area contributed by atoms with Gasteiger partial charge in [0.1, 0.15) is 12.3 Å². The van der Waals surface area contributed by atoms with Crippen LogP contribution < -0.4 is 10.6 Å². The van der Waals surface area contributed by atoms with Crippen LogP contribution in [0.5, 0.6) is 0 Å². The Morgan fingerprint density at radius 1 is 1.03 bits per heavy atom. The lowest BCUT2D eigenvalue weighted by atomic mass is 9.66. The SMILES string of the molecule is O=C1OCNC1(CCCCB(O)O)[C@H]1C[C@@H](NCc2ccc(-c3ccccc3)cc2)C1. The van der Waals surface area contributed by atoms with Crippen LogP contribution in [0.4, 0.5) is 0 Å². The first-order valence-corrected chi connectivity index (χ1v) is 11.2. The van der Waals surface area contributed by atoms with E-state index in [2.05, 4.69) is 59.2 Å². The zero-order chi connectivity index (χ0) is 21.7. The first kappa shape index (κ1) is 22.0. The van der Waals surface area contributed by atoms with Gasteiger partial charge in [-0.1, -0.05) is 67.4 Å². The van der Waals surface area contributed by atoms with Gasteiger partial charge in [0.2, 0.25) is 0 Å². The molecule has 2 aromatic rings. The molecular weight excluding hydrogens is 391 g/mol. The fourth-order valence-corrected chi connectivity index (χ4v) is 4.76. The Hall–Kier alpha value is -2.19. The van der Waals surface area contributed by atoms with Gasteiger partial charge in [0.25, 0.3) is 0 Å². The Labute approximate surface area is 184 Å². The van der Waals surface area contributed by atoms with Crippen molar-refractivity contribution in [1.29, 1.82) is 0 Å². The van der Waals surface area contributed by atoms with Crippen molar-refractivity contribution in [2.24, 2.45) is 5.92 Å². The average Bonchev–Trinajstić information content (AvgIpc) is 3.12. The second-order valence-electron chi connectivity index (χ2n) is 8.76. The molecule has 0 amide bonds. The zero-order valence-electron chi connectivity index (χ0n) is 17.8. The van der Waals surface area contributed by atoms with Crippen molar-refractivity contribution in [2.45, 2.75) is 56.5 Å². The van der Waals surface area contributed by atoms with Crippen molar-refractivity contribution in [3.8, 4) is 11.1 Å². The summed E-state index contributed by atoms with van der Waals surface area (Å²) in [4.78, 5) is 12.5. The number of unbranched alkanes of at least 4 members (excludes halogenated alkanes) is 1. The molecule has 1 heterocycles. The van der Waals surface area contributed by atoms with Gasteiger partial charge in [-0.15, -0.1) is 0 Å². The van der Waals surface area contributed by atoms with Gasteiger partial charge in [-0.25, -0.2) is 4.79 Å². The lowest BCUT2D eigenvalue weighted by Gasteiger charge is -2.45. The summed E-state index contributed by atoms with van der Waals surface area (Å²) in [5, 5.41) is 25.0. The lowest BCUT2D eigenvalue weighted by molar-refractivity contribution is -0.146. The molecule has 2 fully saturated rings. The van der Waals surface area contributed by atoms with Gasteiger partial charge >= 0.3 is 13.1 Å². The van der Waals surface area contributed by atoms with E-state index in [0.717, 1.165) is 25.8 Å². The Morgan fingerprint density at radius 2 is 1.74 bits per heavy atom. The Kier molecular flexibility index (Phi) is 7.08. The first-order chi connectivity index (χ1) is 15.1. The average molecular weight is 422 g/mol. The second kappa shape index (κ2) is 9.96. The largest absolute Gasteiger partial charge is 0.451 e. The van der Waals surface area contributed by atoms with Gasteiger partial charge in [0.05, 0.1) is 0 Å². The molecule has 4 N–H and O–H groups in total. The number of benzene rings is 2. The highest BCUT2D eigenvalue weighted by Gasteiger charge is 2.54.